The molecule has 0 aliphatic carbocycles. The van der Waals surface area contributed by atoms with Gasteiger partial charge in [-0.15, -0.1) is 0 Å². The second kappa shape index (κ2) is 5.38. The maximum atomic E-state index is 12.8. The summed E-state index contributed by atoms with van der Waals surface area (Å²) in [5, 5.41) is 0. The molecule has 4 nitrogen and oxygen atoms in total. The molecular formula is C14H16FNO3. The van der Waals surface area contributed by atoms with Gasteiger partial charge in [-0.3, -0.25) is 4.79 Å². The number of ether oxygens (including phenoxy) is 1. The highest BCUT2D eigenvalue weighted by atomic mass is 19.1. The fourth-order valence-electron chi connectivity index (χ4n) is 2.08. The lowest BCUT2D eigenvalue weighted by Crippen LogP contribution is -2.42. The number of carbonyl (C=O) groups excluding carboxylic acids is 2. The SMILES string of the molecule is CC(C)C1COC(=O)N1C(=O)Cc1ccc(F)cc1. The maximum absolute atomic E-state index is 12.8. The lowest BCUT2D eigenvalue weighted by Gasteiger charge is -2.22. The van der Waals surface area contributed by atoms with Crippen molar-refractivity contribution in [2.24, 2.45) is 5.92 Å². The van der Waals surface area contributed by atoms with Crippen LogP contribution in [0.3, 0.4) is 0 Å². The van der Waals surface area contributed by atoms with E-state index in [2.05, 4.69) is 0 Å². The van der Waals surface area contributed by atoms with Gasteiger partial charge in [-0.2, -0.15) is 0 Å². The zero-order valence-corrected chi connectivity index (χ0v) is 10.9. The van der Waals surface area contributed by atoms with E-state index in [4.69, 9.17) is 4.74 Å². The van der Waals surface area contributed by atoms with Crippen LogP contribution >= 0.6 is 0 Å². The molecule has 1 aliphatic rings. The predicted molar refractivity (Wildman–Crippen MR) is 66.9 cm³/mol. The van der Waals surface area contributed by atoms with Crippen LogP contribution in [0.25, 0.3) is 0 Å². The number of cyclic esters (lactones) is 1. The summed E-state index contributed by atoms with van der Waals surface area (Å²) in [7, 11) is 0. The standard InChI is InChI=1S/C14H16FNO3/c1-9(2)12-8-19-14(18)16(12)13(17)7-10-3-5-11(15)6-4-10/h3-6,9,12H,7-8H2,1-2H3. The maximum Gasteiger partial charge on any atom is 0.416 e. The molecule has 2 rings (SSSR count). The minimum Gasteiger partial charge on any atom is -0.447 e. The summed E-state index contributed by atoms with van der Waals surface area (Å²) in [5.41, 5.74) is 0.675. The molecule has 0 saturated carbocycles. The lowest BCUT2D eigenvalue weighted by atomic mass is 10.0. The quantitative estimate of drug-likeness (QED) is 0.843. The number of imide groups is 1. The van der Waals surface area contributed by atoms with Gasteiger partial charge in [-0.25, -0.2) is 14.1 Å². The molecule has 1 aliphatic heterocycles. The smallest absolute Gasteiger partial charge is 0.416 e. The molecule has 0 aromatic heterocycles. The second-order valence-corrected chi connectivity index (χ2v) is 4.96. The molecule has 1 heterocycles. The number of rotatable bonds is 3. The van der Waals surface area contributed by atoms with Crippen molar-refractivity contribution >= 4 is 12.0 Å². The van der Waals surface area contributed by atoms with E-state index in [1.54, 1.807) is 12.1 Å². The van der Waals surface area contributed by atoms with Crippen molar-refractivity contribution in [2.45, 2.75) is 26.3 Å². The van der Waals surface area contributed by atoms with Gasteiger partial charge in [0.15, 0.2) is 0 Å². The third-order valence-electron chi connectivity index (χ3n) is 3.21. The average molecular weight is 265 g/mol. The normalized spacial score (nSPS) is 18.8. The second-order valence-electron chi connectivity index (χ2n) is 4.96. The number of hydrogen-bond acceptors (Lipinski definition) is 3. The Kier molecular flexibility index (Phi) is 3.83. The minimum atomic E-state index is -0.592. The minimum absolute atomic E-state index is 0.0681. The van der Waals surface area contributed by atoms with Crippen LogP contribution in [0.1, 0.15) is 19.4 Å². The molecule has 1 unspecified atom stereocenters. The largest absolute Gasteiger partial charge is 0.447 e. The van der Waals surface area contributed by atoms with E-state index in [-0.39, 0.29) is 36.7 Å². The van der Waals surface area contributed by atoms with E-state index in [0.29, 0.717) is 5.56 Å². The Balaban J connectivity index is 2.10. The molecule has 5 heteroatoms. The van der Waals surface area contributed by atoms with Gasteiger partial charge >= 0.3 is 6.09 Å². The van der Waals surface area contributed by atoms with Crippen LogP contribution in [0.2, 0.25) is 0 Å². The van der Waals surface area contributed by atoms with Crippen molar-refractivity contribution < 1.29 is 18.7 Å². The third-order valence-corrected chi connectivity index (χ3v) is 3.21. The highest BCUT2D eigenvalue weighted by Gasteiger charge is 2.39. The molecule has 1 atom stereocenters. The number of benzene rings is 1. The number of amides is 2. The van der Waals surface area contributed by atoms with Crippen molar-refractivity contribution in [3.05, 3.63) is 35.6 Å². The van der Waals surface area contributed by atoms with Crippen LogP contribution in [0.5, 0.6) is 0 Å². The Bertz CT molecular complexity index is 484. The molecule has 0 radical (unpaired) electrons. The van der Waals surface area contributed by atoms with Crippen LogP contribution in [-0.4, -0.2) is 29.5 Å². The zero-order valence-electron chi connectivity index (χ0n) is 10.9. The first-order valence-corrected chi connectivity index (χ1v) is 6.22. The first-order chi connectivity index (χ1) is 8.99. The Labute approximate surface area is 111 Å². The van der Waals surface area contributed by atoms with E-state index in [1.807, 2.05) is 13.8 Å². The molecule has 0 spiro atoms. The summed E-state index contributed by atoms with van der Waals surface area (Å²) in [6.07, 6.45) is -0.524. The summed E-state index contributed by atoms with van der Waals surface area (Å²) in [4.78, 5) is 24.9. The zero-order chi connectivity index (χ0) is 14.0. The van der Waals surface area contributed by atoms with E-state index in [0.717, 1.165) is 0 Å². The molecule has 1 fully saturated rings. The summed E-state index contributed by atoms with van der Waals surface area (Å²) in [5.74, 6) is -0.520. The van der Waals surface area contributed by atoms with Gasteiger partial charge < -0.3 is 4.74 Å². The Morgan fingerprint density at radius 3 is 2.63 bits per heavy atom. The Hall–Kier alpha value is -1.91. The van der Waals surface area contributed by atoms with Crippen molar-refractivity contribution in [3.8, 4) is 0 Å². The van der Waals surface area contributed by atoms with E-state index in [9.17, 15) is 14.0 Å². The van der Waals surface area contributed by atoms with Crippen LogP contribution in [-0.2, 0) is 16.0 Å². The van der Waals surface area contributed by atoms with Gasteiger partial charge in [0.25, 0.3) is 0 Å². The van der Waals surface area contributed by atoms with E-state index >= 15 is 0 Å². The molecule has 1 aromatic carbocycles. The van der Waals surface area contributed by atoms with Gasteiger partial charge in [0.1, 0.15) is 12.4 Å². The monoisotopic (exact) mass is 265 g/mol. The van der Waals surface area contributed by atoms with Gasteiger partial charge in [-0.05, 0) is 23.6 Å². The average Bonchev–Trinajstić information content (AvgIpc) is 2.74. The fraction of sp³-hybridized carbons (Fsp3) is 0.429. The molecule has 0 bridgehead atoms. The Morgan fingerprint density at radius 1 is 1.42 bits per heavy atom. The van der Waals surface area contributed by atoms with Crippen molar-refractivity contribution in [1.82, 2.24) is 4.90 Å². The molecule has 2 amide bonds. The number of nitrogens with zero attached hydrogens (tertiary/aromatic N) is 1. The number of carbonyl (C=O) groups is 2. The molecule has 0 N–H and O–H groups in total. The number of hydrogen-bond donors (Lipinski definition) is 0. The Morgan fingerprint density at radius 2 is 2.05 bits per heavy atom. The topological polar surface area (TPSA) is 46.6 Å². The van der Waals surface area contributed by atoms with Crippen LogP contribution in [0, 0.1) is 11.7 Å². The summed E-state index contributed by atoms with van der Waals surface area (Å²) >= 11 is 0. The molecule has 1 aromatic rings. The van der Waals surface area contributed by atoms with Crippen LogP contribution in [0.4, 0.5) is 9.18 Å². The summed E-state index contributed by atoms with van der Waals surface area (Å²) in [6.45, 7) is 4.11. The lowest BCUT2D eigenvalue weighted by molar-refractivity contribution is -0.129. The van der Waals surface area contributed by atoms with E-state index in [1.165, 1.54) is 17.0 Å². The van der Waals surface area contributed by atoms with Crippen LogP contribution in [0.15, 0.2) is 24.3 Å². The highest BCUT2D eigenvalue weighted by Crippen LogP contribution is 2.20. The van der Waals surface area contributed by atoms with Crippen molar-refractivity contribution in [1.29, 1.82) is 0 Å². The molecule has 1 saturated heterocycles. The van der Waals surface area contributed by atoms with E-state index < -0.39 is 6.09 Å². The predicted octanol–water partition coefficient (Wildman–Crippen LogP) is 2.37. The first kappa shape index (κ1) is 13.5. The summed E-state index contributed by atoms with van der Waals surface area (Å²) in [6, 6.07) is 5.45. The van der Waals surface area contributed by atoms with Crippen molar-refractivity contribution in [3.63, 3.8) is 0 Å². The molecule has 102 valence electrons. The van der Waals surface area contributed by atoms with Gasteiger partial charge in [0.05, 0.1) is 12.5 Å². The molecule has 19 heavy (non-hydrogen) atoms. The summed E-state index contributed by atoms with van der Waals surface area (Å²) < 4.78 is 17.7. The fourth-order valence-corrected chi connectivity index (χ4v) is 2.08. The van der Waals surface area contributed by atoms with Gasteiger partial charge in [0, 0.05) is 0 Å². The van der Waals surface area contributed by atoms with Crippen molar-refractivity contribution in [2.75, 3.05) is 6.61 Å². The first-order valence-electron chi connectivity index (χ1n) is 6.22. The van der Waals surface area contributed by atoms with Crippen LogP contribution < -0.4 is 0 Å². The number of halogens is 1. The molecular weight excluding hydrogens is 249 g/mol. The highest BCUT2D eigenvalue weighted by molar-refractivity contribution is 5.94. The van der Waals surface area contributed by atoms with Gasteiger partial charge in [-0.1, -0.05) is 26.0 Å². The van der Waals surface area contributed by atoms with Gasteiger partial charge in [0.2, 0.25) is 5.91 Å². The third kappa shape index (κ3) is 2.92.